The maximum absolute atomic E-state index is 12.8. The topological polar surface area (TPSA) is 32.3 Å². The van der Waals surface area contributed by atoms with E-state index < -0.39 is 0 Å². The van der Waals surface area contributed by atoms with Crippen molar-refractivity contribution in [2.45, 2.75) is 45.1 Å². The molecule has 0 radical (unpaired) electrons. The largest absolute Gasteiger partial charge is 0.338 e. The first-order valence-corrected chi connectivity index (χ1v) is 9.70. The van der Waals surface area contributed by atoms with Crippen molar-refractivity contribution in [3.05, 3.63) is 57.8 Å². The predicted molar refractivity (Wildman–Crippen MR) is 101 cm³/mol. The minimum absolute atomic E-state index is 0.0869. The molecule has 0 spiro atoms. The highest BCUT2D eigenvalue weighted by Gasteiger charge is 2.27. The summed E-state index contributed by atoms with van der Waals surface area (Å²) >= 11 is 1.82. The second-order valence-corrected chi connectivity index (χ2v) is 7.79. The summed E-state index contributed by atoms with van der Waals surface area (Å²) in [7, 11) is 0. The number of carbonyl (C=O) groups is 1. The first-order valence-electron chi connectivity index (χ1n) is 8.89. The number of hydrogen-bond acceptors (Lipinski definition) is 2. The minimum Gasteiger partial charge on any atom is -0.338 e. The minimum atomic E-state index is 0.0869. The molecule has 1 N–H and O–H groups in total. The fourth-order valence-electron chi connectivity index (χ4n) is 3.34. The highest BCUT2D eigenvalue weighted by molar-refractivity contribution is 7.12. The number of amides is 2. The average molecular weight is 343 g/mol. The summed E-state index contributed by atoms with van der Waals surface area (Å²) < 4.78 is 0. The number of nitrogens with one attached hydrogen (secondary N) is 1. The third-order valence-corrected chi connectivity index (χ3v) is 5.74. The van der Waals surface area contributed by atoms with Crippen molar-refractivity contribution in [1.29, 1.82) is 0 Å². The summed E-state index contributed by atoms with van der Waals surface area (Å²) in [5.41, 5.74) is 1.26. The van der Waals surface area contributed by atoms with Gasteiger partial charge in [0.1, 0.15) is 0 Å². The Morgan fingerprint density at radius 3 is 2.75 bits per heavy atom. The molecule has 1 atom stereocenters. The fourth-order valence-corrected chi connectivity index (χ4v) is 4.36. The van der Waals surface area contributed by atoms with Crippen LogP contribution in [0.15, 0.2) is 42.5 Å². The van der Waals surface area contributed by atoms with E-state index in [1.54, 1.807) is 0 Å². The maximum Gasteiger partial charge on any atom is 0.317 e. The zero-order valence-electron chi connectivity index (χ0n) is 14.3. The quantitative estimate of drug-likeness (QED) is 0.840. The van der Waals surface area contributed by atoms with Crippen molar-refractivity contribution < 1.29 is 4.79 Å². The molecule has 2 aromatic rings. The van der Waals surface area contributed by atoms with Crippen LogP contribution in [-0.2, 0) is 6.42 Å². The highest BCUT2D eigenvalue weighted by Crippen LogP contribution is 2.34. The second-order valence-electron chi connectivity index (χ2n) is 6.47. The van der Waals surface area contributed by atoms with Gasteiger partial charge in [-0.3, -0.25) is 0 Å². The SMILES string of the molecule is Cc1ccc([C@@H]2CCCCCN2C(=O)NCCc2ccccc2)s1. The number of carbonyl (C=O) groups excluding carboxylic acids is 1. The molecule has 128 valence electrons. The van der Waals surface area contributed by atoms with Crippen molar-refractivity contribution >= 4 is 17.4 Å². The monoisotopic (exact) mass is 342 g/mol. The molecule has 1 aliphatic heterocycles. The molecule has 0 bridgehead atoms. The molecular formula is C20H26N2OS. The Hall–Kier alpha value is -1.81. The van der Waals surface area contributed by atoms with Crippen LogP contribution in [-0.4, -0.2) is 24.0 Å². The standard InChI is InChI=1S/C20H26N2OS/c1-16-11-12-19(24-16)18-10-6-3-7-15-22(18)20(23)21-14-13-17-8-4-2-5-9-17/h2,4-5,8-9,11-12,18H,3,6-7,10,13-15H2,1H3,(H,21,23)/t18-/m0/s1. The van der Waals surface area contributed by atoms with E-state index in [0.717, 1.165) is 25.8 Å². The summed E-state index contributed by atoms with van der Waals surface area (Å²) in [4.78, 5) is 17.5. The van der Waals surface area contributed by atoms with E-state index in [4.69, 9.17) is 0 Å². The van der Waals surface area contributed by atoms with Crippen LogP contribution in [0.3, 0.4) is 0 Å². The third kappa shape index (κ3) is 4.38. The van der Waals surface area contributed by atoms with Crippen molar-refractivity contribution in [2.75, 3.05) is 13.1 Å². The molecule has 1 aromatic carbocycles. The highest BCUT2D eigenvalue weighted by atomic mass is 32.1. The Kier molecular flexibility index (Phi) is 5.91. The first-order chi connectivity index (χ1) is 11.7. The molecule has 0 aliphatic carbocycles. The maximum atomic E-state index is 12.8. The number of hydrogen-bond donors (Lipinski definition) is 1. The van der Waals surface area contributed by atoms with Crippen molar-refractivity contribution in [1.82, 2.24) is 10.2 Å². The van der Waals surface area contributed by atoms with E-state index in [1.165, 1.54) is 28.2 Å². The Morgan fingerprint density at radius 1 is 1.17 bits per heavy atom. The van der Waals surface area contributed by atoms with Crippen LogP contribution >= 0.6 is 11.3 Å². The summed E-state index contributed by atoms with van der Waals surface area (Å²) in [6.07, 6.45) is 5.48. The van der Waals surface area contributed by atoms with Crippen LogP contribution in [0.2, 0.25) is 0 Å². The Morgan fingerprint density at radius 2 is 2.00 bits per heavy atom. The Labute approximate surface area is 148 Å². The fraction of sp³-hybridized carbons (Fsp3) is 0.450. The third-order valence-electron chi connectivity index (χ3n) is 4.64. The molecule has 2 amide bonds. The lowest BCUT2D eigenvalue weighted by molar-refractivity contribution is 0.177. The lowest BCUT2D eigenvalue weighted by Gasteiger charge is -2.29. The molecule has 1 aromatic heterocycles. The molecule has 0 unspecified atom stereocenters. The summed E-state index contributed by atoms with van der Waals surface area (Å²) in [5.74, 6) is 0. The van der Waals surface area contributed by atoms with Gasteiger partial charge in [0, 0.05) is 22.8 Å². The van der Waals surface area contributed by atoms with Crippen LogP contribution in [0.4, 0.5) is 4.79 Å². The molecule has 1 fully saturated rings. The van der Waals surface area contributed by atoms with E-state index in [9.17, 15) is 4.79 Å². The molecule has 1 aliphatic rings. The van der Waals surface area contributed by atoms with Crippen LogP contribution < -0.4 is 5.32 Å². The number of thiophene rings is 1. The van der Waals surface area contributed by atoms with Crippen molar-refractivity contribution in [2.24, 2.45) is 0 Å². The lowest BCUT2D eigenvalue weighted by Crippen LogP contribution is -2.42. The molecule has 0 saturated carbocycles. The van der Waals surface area contributed by atoms with E-state index >= 15 is 0 Å². The van der Waals surface area contributed by atoms with Crippen LogP contribution in [0.1, 0.15) is 47.0 Å². The molecule has 3 nitrogen and oxygen atoms in total. The van der Waals surface area contributed by atoms with Gasteiger partial charge in [-0.15, -0.1) is 11.3 Å². The van der Waals surface area contributed by atoms with Gasteiger partial charge >= 0.3 is 6.03 Å². The Bertz CT molecular complexity index is 653. The second kappa shape index (κ2) is 8.34. The van der Waals surface area contributed by atoms with Crippen molar-refractivity contribution in [3.63, 3.8) is 0 Å². The number of urea groups is 1. The first kappa shape index (κ1) is 17.0. The molecule has 4 heteroatoms. The van der Waals surface area contributed by atoms with Crippen LogP contribution in [0, 0.1) is 6.92 Å². The van der Waals surface area contributed by atoms with Gasteiger partial charge in [0.2, 0.25) is 0 Å². The molecule has 1 saturated heterocycles. The van der Waals surface area contributed by atoms with Crippen LogP contribution in [0.25, 0.3) is 0 Å². The van der Waals surface area contributed by atoms with Gasteiger partial charge in [0.15, 0.2) is 0 Å². The number of nitrogens with zero attached hydrogens (tertiary/aromatic N) is 1. The zero-order chi connectivity index (χ0) is 16.8. The summed E-state index contributed by atoms with van der Waals surface area (Å²) in [6, 6.07) is 15.0. The van der Waals surface area contributed by atoms with Gasteiger partial charge in [-0.2, -0.15) is 0 Å². The van der Waals surface area contributed by atoms with Gasteiger partial charge in [0.05, 0.1) is 6.04 Å². The Balaban J connectivity index is 1.61. The van der Waals surface area contributed by atoms with Gasteiger partial charge in [0.25, 0.3) is 0 Å². The predicted octanol–water partition coefficient (Wildman–Crippen LogP) is 4.93. The number of benzene rings is 1. The normalized spacial score (nSPS) is 18.2. The molecule has 3 rings (SSSR count). The van der Waals surface area contributed by atoms with Gasteiger partial charge in [-0.25, -0.2) is 4.79 Å². The average Bonchev–Trinajstić information content (AvgIpc) is 2.88. The molecule has 2 heterocycles. The smallest absolute Gasteiger partial charge is 0.317 e. The zero-order valence-corrected chi connectivity index (χ0v) is 15.1. The lowest BCUT2D eigenvalue weighted by atomic mass is 10.1. The van der Waals surface area contributed by atoms with E-state index in [0.29, 0.717) is 6.54 Å². The van der Waals surface area contributed by atoms with E-state index in [1.807, 2.05) is 29.5 Å². The van der Waals surface area contributed by atoms with E-state index in [-0.39, 0.29) is 12.1 Å². The van der Waals surface area contributed by atoms with Gasteiger partial charge < -0.3 is 10.2 Å². The van der Waals surface area contributed by atoms with Crippen molar-refractivity contribution in [3.8, 4) is 0 Å². The summed E-state index contributed by atoms with van der Waals surface area (Å²) in [6.45, 7) is 3.68. The molecule has 24 heavy (non-hydrogen) atoms. The van der Waals surface area contributed by atoms with Gasteiger partial charge in [-0.1, -0.05) is 43.2 Å². The number of aryl methyl sites for hydroxylation is 1. The van der Waals surface area contributed by atoms with Gasteiger partial charge in [-0.05, 0) is 43.9 Å². The number of likely N-dealkylation sites (tertiary alicyclic amines) is 1. The van der Waals surface area contributed by atoms with Crippen LogP contribution in [0.5, 0.6) is 0 Å². The summed E-state index contributed by atoms with van der Waals surface area (Å²) in [5, 5.41) is 3.13. The number of rotatable bonds is 4. The molecular weight excluding hydrogens is 316 g/mol. The van der Waals surface area contributed by atoms with E-state index in [2.05, 4.69) is 41.4 Å².